The van der Waals surface area contributed by atoms with E-state index in [1.54, 1.807) is 6.20 Å². The fourth-order valence-corrected chi connectivity index (χ4v) is 2.67. The Morgan fingerprint density at radius 1 is 1.25 bits per heavy atom. The van der Waals surface area contributed by atoms with Gasteiger partial charge in [0.15, 0.2) is 0 Å². The number of nitrogens with one attached hydrogen (secondary N) is 2. The van der Waals surface area contributed by atoms with E-state index in [0.29, 0.717) is 12.6 Å². The van der Waals surface area contributed by atoms with E-state index in [1.807, 2.05) is 41.2 Å². The van der Waals surface area contributed by atoms with Crippen LogP contribution in [0.15, 0.2) is 42.7 Å². The van der Waals surface area contributed by atoms with Crippen LogP contribution in [-0.4, -0.2) is 46.4 Å². The van der Waals surface area contributed by atoms with Crippen LogP contribution >= 0.6 is 0 Å². The van der Waals surface area contributed by atoms with Crippen LogP contribution in [0.25, 0.3) is 0 Å². The van der Waals surface area contributed by atoms with Gasteiger partial charge < -0.3 is 10.6 Å². The number of benzene rings is 1. The molecule has 6 nitrogen and oxygen atoms in total. The Balaban J connectivity index is 1.79. The number of nitrogens with zero attached hydrogens (tertiary/aromatic N) is 3. The highest BCUT2D eigenvalue weighted by atomic mass is 16.2. The van der Waals surface area contributed by atoms with Gasteiger partial charge in [-0.2, -0.15) is 5.10 Å². The van der Waals surface area contributed by atoms with Crippen LogP contribution in [0, 0.1) is 0 Å². The molecule has 2 amide bonds. The van der Waals surface area contributed by atoms with E-state index in [9.17, 15) is 4.79 Å². The van der Waals surface area contributed by atoms with Crippen LogP contribution < -0.4 is 10.6 Å². The Bertz CT molecular complexity index is 605. The molecule has 24 heavy (non-hydrogen) atoms. The fraction of sp³-hybridized carbons (Fsp3) is 0.444. The molecule has 2 rings (SSSR count). The summed E-state index contributed by atoms with van der Waals surface area (Å²) in [5, 5.41) is 9.98. The predicted molar refractivity (Wildman–Crippen MR) is 97.2 cm³/mol. The van der Waals surface area contributed by atoms with Gasteiger partial charge in [-0.25, -0.2) is 4.79 Å². The molecular weight excluding hydrogens is 302 g/mol. The molecule has 0 aliphatic rings. The van der Waals surface area contributed by atoms with Gasteiger partial charge >= 0.3 is 6.03 Å². The zero-order valence-electron chi connectivity index (χ0n) is 14.7. The number of likely N-dealkylation sites (N-methyl/N-ethyl adjacent to an activating group) is 1. The summed E-state index contributed by atoms with van der Waals surface area (Å²) in [6.07, 6.45) is 3.69. The highest BCUT2D eigenvalue weighted by molar-refractivity contribution is 5.89. The minimum atomic E-state index is -0.172. The maximum atomic E-state index is 12.0. The van der Waals surface area contributed by atoms with Gasteiger partial charge in [0.05, 0.1) is 6.54 Å². The standard InChI is InChI=1S/C18H27N5O/c1-4-22(5-2)15(3)13-19-18(24)21-17-9-7-16(8-10-17)14-23-12-6-11-20-23/h6-12,15H,4-5,13-14H2,1-3H3,(H2,19,21,24)/t15-/m0/s1. The maximum Gasteiger partial charge on any atom is 0.319 e. The Morgan fingerprint density at radius 3 is 2.54 bits per heavy atom. The smallest absolute Gasteiger partial charge is 0.319 e. The van der Waals surface area contributed by atoms with E-state index in [4.69, 9.17) is 0 Å². The van der Waals surface area contributed by atoms with Crippen molar-refractivity contribution < 1.29 is 4.79 Å². The first-order valence-corrected chi connectivity index (χ1v) is 8.47. The molecule has 1 heterocycles. The highest BCUT2D eigenvalue weighted by Gasteiger charge is 2.11. The van der Waals surface area contributed by atoms with Crippen molar-refractivity contribution in [2.45, 2.75) is 33.4 Å². The molecule has 0 fully saturated rings. The molecular formula is C18H27N5O. The average Bonchev–Trinajstić information content (AvgIpc) is 3.09. The zero-order valence-corrected chi connectivity index (χ0v) is 14.7. The number of hydrogen-bond donors (Lipinski definition) is 2. The Hall–Kier alpha value is -2.34. The first-order valence-electron chi connectivity index (χ1n) is 8.47. The third kappa shape index (κ3) is 5.38. The number of rotatable bonds is 8. The molecule has 0 saturated carbocycles. The van der Waals surface area contributed by atoms with Crippen molar-refractivity contribution in [3.8, 4) is 0 Å². The molecule has 0 aliphatic heterocycles. The predicted octanol–water partition coefficient (Wildman–Crippen LogP) is 2.78. The summed E-state index contributed by atoms with van der Waals surface area (Å²) < 4.78 is 1.86. The first kappa shape index (κ1) is 18.0. The molecule has 0 unspecified atom stereocenters. The molecule has 0 aliphatic carbocycles. The van der Waals surface area contributed by atoms with Gasteiger partial charge in [0, 0.05) is 30.7 Å². The van der Waals surface area contributed by atoms with Crippen molar-refractivity contribution >= 4 is 11.7 Å². The lowest BCUT2D eigenvalue weighted by molar-refractivity contribution is 0.220. The summed E-state index contributed by atoms with van der Waals surface area (Å²) in [5.41, 5.74) is 1.92. The van der Waals surface area contributed by atoms with E-state index in [-0.39, 0.29) is 6.03 Å². The lowest BCUT2D eigenvalue weighted by Gasteiger charge is -2.26. The lowest BCUT2D eigenvalue weighted by Crippen LogP contribution is -2.43. The molecule has 2 aromatic rings. The van der Waals surface area contributed by atoms with Crippen LogP contribution in [0.4, 0.5) is 10.5 Å². The molecule has 0 bridgehead atoms. The summed E-state index contributed by atoms with van der Waals surface area (Å²) >= 11 is 0. The fourth-order valence-electron chi connectivity index (χ4n) is 2.67. The molecule has 6 heteroatoms. The van der Waals surface area contributed by atoms with E-state index in [2.05, 4.69) is 41.4 Å². The zero-order chi connectivity index (χ0) is 17.4. The van der Waals surface area contributed by atoms with E-state index >= 15 is 0 Å². The van der Waals surface area contributed by atoms with Crippen LogP contribution in [0.2, 0.25) is 0 Å². The molecule has 2 N–H and O–H groups in total. The van der Waals surface area contributed by atoms with Gasteiger partial charge in [-0.05, 0) is 43.8 Å². The number of carbonyl (C=O) groups excluding carboxylic acids is 1. The SMILES string of the molecule is CCN(CC)[C@@H](C)CNC(=O)Nc1ccc(Cn2cccn2)cc1. The minimum Gasteiger partial charge on any atom is -0.336 e. The molecule has 0 saturated heterocycles. The summed E-state index contributed by atoms with van der Waals surface area (Å²) in [7, 11) is 0. The number of anilines is 1. The number of carbonyl (C=O) groups is 1. The monoisotopic (exact) mass is 329 g/mol. The summed E-state index contributed by atoms with van der Waals surface area (Å²) in [5.74, 6) is 0. The number of aromatic nitrogens is 2. The second kappa shape index (κ2) is 9.08. The molecule has 0 spiro atoms. The van der Waals surface area contributed by atoms with Crippen molar-refractivity contribution in [1.29, 1.82) is 0 Å². The van der Waals surface area contributed by atoms with Crippen molar-refractivity contribution in [2.75, 3.05) is 25.0 Å². The topological polar surface area (TPSA) is 62.2 Å². The second-order valence-electron chi connectivity index (χ2n) is 5.81. The quantitative estimate of drug-likeness (QED) is 0.783. The number of hydrogen-bond acceptors (Lipinski definition) is 3. The average molecular weight is 329 g/mol. The van der Waals surface area contributed by atoms with Crippen molar-refractivity contribution in [3.63, 3.8) is 0 Å². The highest BCUT2D eigenvalue weighted by Crippen LogP contribution is 2.10. The van der Waals surface area contributed by atoms with Crippen molar-refractivity contribution in [1.82, 2.24) is 20.0 Å². The normalized spacial score (nSPS) is 12.2. The van der Waals surface area contributed by atoms with Crippen LogP contribution in [0.3, 0.4) is 0 Å². The Morgan fingerprint density at radius 2 is 1.96 bits per heavy atom. The van der Waals surface area contributed by atoms with Gasteiger partial charge in [-0.1, -0.05) is 26.0 Å². The van der Waals surface area contributed by atoms with Crippen LogP contribution in [0.1, 0.15) is 26.3 Å². The van der Waals surface area contributed by atoms with Crippen LogP contribution in [-0.2, 0) is 6.54 Å². The molecule has 1 aromatic carbocycles. The van der Waals surface area contributed by atoms with E-state index in [0.717, 1.165) is 30.9 Å². The molecule has 1 aromatic heterocycles. The van der Waals surface area contributed by atoms with Gasteiger partial charge in [-0.15, -0.1) is 0 Å². The Labute approximate surface area is 143 Å². The maximum absolute atomic E-state index is 12.0. The molecule has 0 radical (unpaired) electrons. The van der Waals surface area contributed by atoms with E-state index in [1.165, 1.54) is 0 Å². The van der Waals surface area contributed by atoms with Crippen molar-refractivity contribution in [3.05, 3.63) is 48.3 Å². The lowest BCUT2D eigenvalue weighted by atomic mass is 10.2. The summed E-state index contributed by atoms with van der Waals surface area (Å²) in [6.45, 7) is 9.70. The Kier molecular flexibility index (Phi) is 6.81. The van der Waals surface area contributed by atoms with Crippen molar-refractivity contribution in [2.24, 2.45) is 0 Å². The van der Waals surface area contributed by atoms with Gasteiger partial charge in [0.25, 0.3) is 0 Å². The van der Waals surface area contributed by atoms with Gasteiger partial charge in [-0.3, -0.25) is 9.58 Å². The third-order valence-corrected chi connectivity index (χ3v) is 4.11. The van der Waals surface area contributed by atoms with Gasteiger partial charge in [0.2, 0.25) is 0 Å². The molecule has 130 valence electrons. The minimum absolute atomic E-state index is 0.172. The summed E-state index contributed by atoms with van der Waals surface area (Å²) in [4.78, 5) is 14.3. The largest absolute Gasteiger partial charge is 0.336 e. The number of amides is 2. The summed E-state index contributed by atoms with van der Waals surface area (Å²) in [6, 6.07) is 9.86. The van der Waals surface area contributed by atoms with Crippen LogP contribution in [0.5, 0.6) is 0 Å². The third-order valence-electron chi connectivity index (χ3n) is 4.11. The van der Waals surface area contributed by atoms with Gasteiger partial charge in [0.1, 0.15) is 0 Å². The molecule has 1 atom stereocenters. The second-order valence-corrected chi connectivity index (χ2v) is 5.81. The first-order chi connectivity index (χ1) is 11.6. The number of urea groups is 1. The van der Waals surface area contributed by atoms with E-state index < -0.39 is 0 Å².